The van der Waals surface area contributed by atoms with Crippen molar-refractivity contribution in [2.75, 3.05) is 46.8 Å². The predicted molar refractivity (Wildman–Crippen MR) is 158 cm³/mol. The van der Waals surface area contributed by atoms with E-state index in [1.807, 2.05) is 32.9 Å². The smallest absolute Gasteiger partial charge is 0.227 e. The standard InChI is InChI=1S/C29H36FN7O3S/c1-17(2)27-19(12-31)10-23(37-14-20(18(37)3)15-41(5,39)40)22-13-33-26(11-21(22)27)34-25-6-8-32-28(35-25)36-9-7-24(38)29(4,30)16-36/h6,8,10-11,13,17-18,20,24,38H,7,9,14-16H2,1-5H3,(H,32,33,34,35)/t18-,20-,24-,29+/m1/s1. The fourth-order valence-corrected chi connectivity index (χ4v) is 7.10. The monoisotopic (exact) mass is 581 g/mol. The Bertz CT molecular complexity index is 1620. The number of rotatable bonds is 7. The Morgan fingerprint density at radius 3 is 2.66 bits per heavy atom. The number of hydrogen-bond donors (Lipinski definition) is 2. The van der Waals surface area contributed by atoms with E-state index >= 15 is 0 Å². The maximum Gasteiger partial charge on any atom is 0.227 e. The molecule has 5 rings (SSSR count). The first-order valence-corrected chi connectivity index (χ1v) is 15.9. The summed E-state index contributed by atoms with van der Waals surface area (Å²) in [5.41, 5.74) is 0.593. The molecule has 3 aromatic rings. The average molecular weight is 582 g/mol. The van der Waals surface area contributed by atoms with Gasteiger partial charge in [0.05, 0.1) is 30.0 Å². The molecule has 0 bridgehead atoms. The van der Waals surface area contributed by atoms with Gasteiger partial charge in [0.15, 0.2) is 5.67 Å². The van der Waals surface area contributed by atoms with E-state index in [1.54, 1.807) is 23.4 Å². The molecule has 41 heavy (non-hydrogen) atoms. The van der Waals surface area contributed by atoms with Crippen LogP contribution in [0.1, 0.15) is 51.2 Å². The van der Waals surface area contributed by atoms with Gasteiger partial charge in [-0.05, 0) is 55.3 Å². The van der Waals surface area contributed by atoms with E-state index in [9.17, 15) is 23.2 Å². The van der Waals surface area contributed by atoms with Gasteiger partial charge in [0.2, 0.25) is 5.95 Å². The highest BCUT2D eigenvalue weighted by Gasteiger charge is 2.40. The normalized spacial score (nSPS) is 24.8. The van der Waals surface area contributed by atoms with E-state index in [1.165, 1.54) is 13.2 Å². The highest BCUT2D eigenvalue weighted by molar-refractivity contribution is 7.90. The van der Waals surface area contributed by atoms with Crippen molar-refractivity contribution >= 4 is 43.9 Å². The van der Waals surface area contributed by atoms with Gasteiger partial charge in [0.1, 0.15) is 21.5 Å². The summed E-state index contributed by atoms with van der Waals surface area (Å²) in [7, 11) is -3.09. The molecule has 2 aliphatic heterocycles. The number of aromatic nitrogens is 3. The van der Waals surface area contributed by atoms with E-state index < -0.39 is 21.6 Å². The summed E-state index contributed by atoms with van der Waals surface area (Å²) in [6.07, 6.45) is 3.89. The van der Waals surface area contributed by atoms with Crippen LogP contribution in [0.3, 0.4) is 0 Å². The van der Waals surface area contributed by atoms with Gasteiger partial charge in [-0.2, -0.15) is 10.2 Å². The Morgan fingerprint density at radius 1 is 1.27 bits per heavy atom. The van der Waals surface area contributed by atoms with Gasteiger partial charge in [-0.25, -0.2) is 22.8 Å². The highest BCUT2D eigenvalue weighted by Crippen LogP contribution is 2.41. The second-order valence-corrected chi connectivity index (χ2v) is 14.0. The molecule has 0 amide bonds. The number of benzene rings is 1. The Morgan fingerprint density at radius 2 is 2.02 bits per heavy atom. The van der Waals surface area contributed by atoms with Crippen molar-refractivity contribution < 1.29 is 17.9 Å². The zero-order chi connectivity index (χ0) is 29.7. The number of nitrogens with one attached hydrogen (secondary N) is 1. The van der Waals surface area contributed by atoms with Gasteiger partial charge in [-0.1, -0.05) is 13.8 Å². The molecule has 0 unspecified atom stereocenters. The highest BCUT2D eigenvalue weighted by atomic mass is 32.2. The lowest BCUT2D eigenvalue weighted by molar-refractivity contribution is -0.00860. The number of nitriles is 1. The molecular formula is C29H36FN7O3S. The molecule has 4 atom stereocenters. The van der Waals surface area contributed by atoms with Crippen LogP contribution in [0.4, 0.5) is 27.7 Å². The average Bonchev–Trinajstić information content (AvgIpc) is 2.90. The number of hydrogen-bond acceptors (Lipinski definition) is 10. The van der Waals surface area contributed by atoms with Gasteiger partial charge in [0.25, 0.3) is 0 Å². The summed E-state index contributed by atoms with van der Waals surface area (Å²) in [5.74, 6) is 1.59. The van der Waals surface area contributed by atoms with E-state index in [2.05, 4.69) is 31.2 Å². The van der Waals surface area contributed by atoms with Crippen LogP contribution in [0.25, 0.3) is 10.8 Å². The van der Waals surface area contributed by atoms with Gasteiger partial charge < -0.3 is 20.2 Å². The molecule has 2 fully saturated rings. The Balaban J connectivity index is 1.48. The number of halogens is 1. The molecule has 4 heterocycles. The van der Waals surface area contributed by atoms with Crippen molar-refractivity contribution in [3.63, 3.8) is 0 Å². The van der Waals surface area contributed by atoms with Crippen LogP contribution in [0.5, 0.6) is 0 Å². The van der Waals surface area contributed by atoms with E-state index in [0.717, 1.165) is 22.0 Å². The summed E-state index contributed by atoms with van der Waals surface area (Å²) in [6, 6.07) is 7.87. The van der Waals surface area contributed by atoms with Crippen molar-refractivity contribution in [2.45, 2.75) is 57.8 Å². The maximum atomic E-state index is 14.8. The Hall–Kier alpha value is -3.56. The van der Waals surface area contributed by atoms with Gasteiger partial charge in [0, 0.05) is 54.8 Å². The molecule has 0 radical (unpaired) electrons. The van der Waals surface area contributed by atoms with Crippen LogP contribution in [-0.2, 0) is 9.84 Å². The number of pyridine rings is 1. The first-order valence-electron chi connectivity index (χ1n) is 13.8. The van der Waals surface area contributed by atoms with Crippen LogP contribution in [0.2, 0.25) is 0 Å². The fourth-order valence-electron chi connectivity index (χ4n) is 5.94. The zero-order valence-corrected chi connectivity index (χ0v) is 24.8. The predicted octanol–water partition coefficient (Wildman–Crippen LogP) is 3.93. The fraction of sp³-hybridized carbons (Fsp3) is 0.517. The number of aliphatic hydroxyl groups excluding tert-OH is 1. The lowest BCUT2D eigenvalue weighted by Gasteiger charge is -2.48. The van der Waals surface area contributed by atoms with Crippen molar-refractivity contribution in [3.05, 3.63) is 41.7 Å². The number of sulfone groups is 1. The lowest BCUT2D eigenvalue weighted by atomic mass is 9.87. The van der Waals surface area contributed by atoms with Gasteiger partial charge >= 0.3 is 0 Å². The third-order valence-corrected chi connectivity index (χ3v) is 9.25. The van der Waals surface area contributed by atoms with Crippen LogP contribution in [0, 0.1) is 17.2 Å². The van der Waals surface area contributed by atoms with Crippen molar-refractivity contribution in [1.82, 2.24) is 15.0 Å². The summed E-state index contributed by atoms with van der Waals surface area (Å²) in [4.78, 5) is 17.4. The minimum Gasteiger partial charge on any atom is -0.390 e. The van der Waals surface area contributed by atoms with E-state index in [4.69, 9.17) is 0 Å². The molecule has 0 spiro atoms. The molecule has 0 saturated carbocycles. The van der Waals surface area contributed by atoms with E-state index in [-0.39, 0.29) is 36.6 Å². The second kappa shape index (κ2) is 10.7. The van der Waals surface area contributed by atoms with Crippen molar-refractivity contribution in [1.29, 1.82) is 5.26 Å². The third-order valence-electron chi connectivity index (χ3n) is 8.22. The molecule has 12 heteroatoms. The molecule has 0 aliphatic carbocycles. The number of piperidine rings is 1. The minimum absolute atomic E-state index is 0.00341. The molecule has 2 saturated heterocycles. The quantitative estimate of drug-likeness (QED) is 0.422. The third kappa shape index (κ3) is 5.78. The lowest BCUT2D eigenvalue weighted by Crippen LogP contribution is -2.57. The van der Waals surface area contributed by atoms with Gasteiger partial charge in [-0.15, -0.1) is 0 Å². The summed E-state index contributed by atoms with van der Waals surface area (Å²) >= 11 is 0. The number of fused-ring (bicyclic) bond motifs is 1. The summed E-state index contributed by atoms with van der Waals surface area (Å²) in [5, 5.41) is 25.0. The SMILES string of the molecule is CC(C)c1c(C#N)cc(N2C[C@H](CS(C)(=O)=O)[C@H]2C)c2cnc(Nc3ccnc(N4CC[C@@H](O)[C@@](C)(F)C4)n3)cc12. The zero-order valence-electron chi connectivity index (χ0n) is 24.0. The first-order chi connectivity index (χ1) is 19.3. The number of anilines is 4. The molecule has 218 valence electrons. The summed E-state index contributed by atoms with van der Waals surface area (Å²) in [6.45, 7) is 8.50. The molecule has 10 nitrogen and oxygen atoms in total. The van der Waals surface area contributed by atoms with Crippen molar-refractivity contribution in [2.24, 2.45) is 5.92 Å². The van der Waals surface area contributed by atoms with E-state index in [0.29, 0.717) is 36.2 Å². The first kappa shape index (κ1) is 29.0. The minimum atomic E-state index is -3.09. The summed E-state index contributed by atoms with van der Waals surface area (Å²) < 4.78 is 38.5. The number of nitrogens with zero attached hydrogens (tertiary/aromatic N) is 6. The van der Waals surface area contributed by atoms with Crippen LogP contribution in [0.15, 0.2) is 30.6 Å². The molecule has 1 aromatic carbocycles. The largest absolute Gasteiger partial charge is 0.390 e. The number of alkyl halides is 1. The molecular weight excluding hydrogens is 545 g/mol. The van der Waals surface area contributed by atoms with Crippen LogP contribution >= 0.6 is 0 Å². The molecule has 2 N–H and O–H groups in total. The maximum absolute atomic E-state index is 14.8. The second-order valence-electron chi connectivity index (χ2n) is 11.9. The topological polar surface area (TPSA) is 135 Å². The Labute approximate surface area is 240 Å². The molecule has 2 aromatic heterocycles. The van der Waals surface area contributed by atoms with Crippen LogP contribution in [-0.4, -0.2) is 77.9 Å². The van der Waals surface area contributed by atoms with Crippen LogP contribution < -0.4 is 15.1 Å². The number of aliphatic hydroxyl groups is 1. The van der Waals surface area contributed by atoms with Crippen molar-refractivity contribution in [3.8, 4) is 6.07 Å². The molecule has 2 aliphatic rings. The Kier molecular flexibility index (Phi) is 7.55. The van der Waals surface area contributed by atoms with Gasteiger partial charge in [-0.3, -0.25) is 0 Å².